The lowest BCUT2D eigenvalue weighted by molar-refractivity contribution is -0.421. The fraction of sp³-hybridized carbons (Fsp3) is 0.167. The van der Waals surface area contributed by atoms with Gasteiger partial charge in [-0.1, -0.05) is 0 Å². The van der Waals surface area contributed by atoms with Crippen LogP contribution in [0.4, 0.5) is 0 Å². The molecule has 94 valence electrons. The summed E-state index contributed by atoms with van der Waals surface area (Å²) in [5.74, 6) is 1.000. The molecule has 6 nitrogen and oxygen atoms in total. The first kappa shape index (κ1) is 12.1. The van der Waals surface area contributed by atoms with Crippen molar-refractivity contribution >= 4 is 0 Å². The van der Waals surface area contributed by atoms with Crippen LogP contribution in [0.15, 0.2) is 59.6 Å². The molecule has 2 heterocycles. The molecular formula is C12H12N2O4. The van der Waals surface area contributed by atoms with Gasteiger partial charge in [0, 0.05) is 17.1 Å². The van der Waals surface area contributed by atoms with Crippen molar-refractivity contribution in [3.63, 3.8) is 0 Å². The van der Waals surface area contributed by atoms with Crippen molar-refractivity contribution in [3.8, 4) is 0 Å². The Hall–Kier alpha value is -2.34. The molecule has 0 radical (unpaired) electrons. The average Bonchev–Trinajstić information content (AvgIpc) is 2.40. The van der Waals surface area contributed by atoms with Gasteiger partial charge in [0.05, 0.1) is 25.1 Å². The molecule has 0 N–H and O–H groups in total. The second-order valence-electron chi connectivity index (χ2n) is 3.56. The Kier molecular flexibility index (Phi) is 3.29. The summed E-state index contributed by atoms with van der Waals surface area (Å²) in [6, 6.07) is 0. The van der Waals surface area contributed by atoms with E-state index >= 15 is 0 Å². The van der Waals surface area contributed by atoms with Gasteiger partial charge in [-0.3, -0.25) is 0 Å². The third kappa shape index (κ3) is 2.18. The fourth-order valence-electron chi connectivity index (χ4n) is 1.56. The first-order valence-electron chi connectivity index (χ1n) is 5.20. The molecule has 0 amide bonds. The Morgan fingerprint density at radius 2 is 1.83 bits per heavy atom. The van der Waals surface area contributed by atoms with Crippen molar-refractivity contribution in [3.05, 3.63) is 69.7 Å². The normalized spacial score (nSPS) is 22.8. The van der Waals surface area contributed by atoms with E-state index < -0.39 is 0 Å². The summed E-state index contributed by atoms with van der Waals surface area (Å²) >= 11 is 0. The molecule has 0 aromatic heterocycles. The van der Waals surface area contributed by atoms with Crippen LogP contribution in [0.2, 0.25) is 0 Å². The summed E-state index contributed by atoms with van der Waals surface area (Å²) in [4.78, 5) is 11.7. The molecule has 0 bridgehead atoms. The SMILES string of the molecule is COC1=CC(=C2C=C(OC)C=C[N+]2=O)N([O-])C=C1. The zero-order valence-electron chi connectivity index (χ0n) is 9.99. The number of nitroso groups, excluding NO2 is 1. The second kappa shape index (κ2) is 4.89. The third-order valence-electron chi connectivity index (χ3n) is 2.52. The number of methoxy groups -OCH3 is 2. The molecule has 0 aromatic rings. The van der Waals surface area contributed by atoms with Crippen LogP contribution in [0.5, 0.6) is 0 Å². The average molecular weight is 248 g/mol. The van der Waals surface area contributed by atoms with Crippen LogP contribution in [0, 0.1) is 10.1 Å². The minimum Gasteiger partial charge on any atom is -0.754 e. The smallest absolute Gasteiger partial charge is 0.289 e. The minimum absolute atomic E-state index is 0.197. The molecule has 0 atom stereocenters. The van der Waals surface area contributed by atoms with Gasteiger partial charge < -0.3 is 19.7 Å². The van der Waals surface area contributed by atoms with E-state index in [4.69, 9.17) is 9.47 Å². The highest BCUT2D eigenvalue weighted by molar-refractivity contribution is 5.39. The standard InChI is InChI=1S/C12H12N2O4/c1-17-9-3-5-13(15)11(7-9)12-8-10(18-2)4-6-14(12)16/h3-8H,1-2H3. The zero-order valence-corrected chi connectivity index (χ0v) is 9.99. The molecular weight excluding hydrogens is 236 g/mol. The monoisotopic (exact) mass is 248 g/mol. The minimum atomic E-state index is 0.197. The van der Waals surface area contributed by atoms with Crippen molar-refractivity contribution in [2.75, 3.05) is 14.2 Å². The lowest BCUT2D eigenvalue weighted by Gasteiger charge is -2.29. The maximum Gasteiger partial charge on any atom is 0.289 e. The molecule has 2 aliphatic rings. The summed E-state index contributed by atoms with van der Waals surface area (Å²) in [6.45, 7) is 0. The molecule has 0 aliphatic carbocycles. The molecule has 0 spiro atoms. The van der Waals surface area contributed by atoms with E-state index in [1.54, 1.807) is 0 Å². The van der Waals surface area contributed by atoms with Gasteiger partial charge in [0.25, 0.3) is 5.70 Å². The fourth-order valence-corrected chi connectivity index (χ4v) is 1.56. The van der Waals surface area contributed by atoms with Crippen LogP contribution >= 0.6 is 0 Å². The van der Waals surface area contributed by atoms with Crippen LogP contribution in [0.3, 0.4) is 0 Å². The van der Waals surface area contributed by atoms with E-state index in [1.807, 2.05) is 0 Å². The molecule has 0 fully saturated rings. The Morgan fingerprint density at radius 1 is 1.17 bits per heavy atom. The van der Waals surface area contributed by atoms with E-state index in [9.17, 15) is 10.1 Å². The number of ether oxygens (including phenoxy) is 2. The van der Waals surface area contributed by atoms with Gasteiger partial charge in [0.2, 0.25) is 6.20 Å². The second-order valence-corrected chi connectivity index (χ2v) is 3.56. The van der Waals surface area contributed by atoms with Gasteiger partial charge in [0.15, 0.2) is 0 Å². The number of hydrogen-bond acceptors (Lipinski definition) is 5. The van der Waals surface area contributed by atoms with Gasteiger partial charge in [-0.25, -0.2) is 0 Å². The summed E-state index contributed by atoms with van der Waals surface area (Å²) in [5.41, 5.74) is 0.395. The first-order valence-corrected chi connectivity index (χ1v) is 5.20. The van der Waals surface area contributed by atoms with Gasteiger partial charge in [-0.2, -0.15) is 0 Å². The van der Waals surface area contributed by atoms with Crippen molar-refractivity contribution in [1.82, 2.24) is 5.06 Å². The summed E-state index contributed by atoms with van der Waals surface area (Å²) in [7, 11) is 2.98. The summed E-state index contributed by atoms with van der Waals surface area (Å²) in [5, 5.41) is 12.3. The third-order valence-corrected chi connectivity index (χ3v) is 2.52. The molecule has 0 saturated carbocycles. The van der Waals surface area contributed by atoms with E-state index in [1.165, 1.54) is 50.9 Å². The first-order chi connectivity index (χ1) is 8.65. The van der Waals surface area contributed by atoms with E-state index in [0.29, 0.717) is 21.3 Å². The van der Waals surface area contributed by atoms with Gasteiger partial charge >= 0.3 is 0 Å². The highest BCUT2D eigenvalue weighted by atomic mass is 16.5. The van der Waals surface area contributed by atoms with Crippen molar-refractivity contribution in [2.24, 2.45) is 0 Å². The van der Waals surface area contributed by atoms with Crippen molar-refractivity contribution in [1.29, 1.82) is 0 Å². The topological polar surface area (TPSA) is 64.8 Å². The van der Waals surface area contributed by atoms with Crippen molar-refractivity contribution in [2.45, 2.75) is 0 Å². The van der Waals surface area contributed by atoms with E-state index in [0.717, 1.165) is 0 Å². The number of nitrogens with zero attached hydrogens (tertiary/aromatic N) is 2. The van der Waals surface area contributed by atoms with Gasteiger partial charge in [0.1, 0.15) is 17.2 Å². The lowest BCUT2D eigenvalue weighted by atomic mass is 10.2. The number of hydrogen-bond donors (Lipinski definition) is 0. The maximum atomic E-state index is 11.7. The van der Waals surface area contributed by atoms with Crippen molar-refractivity contribution < 1.29 is 14.2 Å². The Bertz CT molecular complexity index is 526. The lowest BCUT2D eigenvalue weighted by Crippen LogP contribution is -2.17. The summed E-state index contributed by atoms with van der Waals surface area (Å²) < 4.78 is 10.7. The van der Waals surface area contributed by atoms with Crippen LogP contribution in [-0.4, -0.2) is 24.0 Å². The molecule has 0 aromatic carbocycles. The number of allylic oxidation sites excluding steroid dienone is 4. The van der Waals surface area contributed by atoms with Gasteiger partial charge in [-0.05, 0) is 12.3 Å². The predicted molar refractivity (Wildman–Crippen MR) is 64.3 cm³/mol. The van der Waals surface area contributed by atoms with Crippen LogP contribution in [0.25, 0.3) is 0 Å². The van der Waals surface area contributed by atoms with E-state index in [2.05, 4.69) is 0 Å². The Morgan fingerprint density at radius 3 is 2.50 bits per heavy atom. The zero-order chi connectivity index (χ0) is 13.1. The Balaban J connectivity index is 2.49. The predicted octanol–water partition coefficient (Wildman–Crippen LogP) is 1.89. The summed E-state index contributed by atoms with van der Waals surface area (Å²) in [6.07, 6.45) is 8.60. The highest BCUT2D eigenvalue weighted by Gasteiger charge is 2.25. The van der Waals surface area contributed by atoms with Crippen LogP contribution in [0.1, 0.15) is 0 Å². The number of rotatable bonds is 2. The Labute approximate surface area is 104 Å². The van der Waals surface area contributed by atoms with Crippen LogP contribution < -0.4 is 0 Å². The van der Waals surface area contributed by atoms with Gasteiger partial charge in [-0.15, -0.1) is 0 Å². The maximum absolute atomic E-state index is 11.7. The molecule has 0 unspecified atom stereocenters. The molecule has 0 saturated heterocycles. The quantitative estimate of drug-likeness (QED) is 0.698. The van der Waals surface area contributed by atoms with E-state index in [-0.39, 0.29) is 11.4 Å². The molecule has 2 aliphatic heterocycles. The largest absolute Gasteiger partial charge is 0.754 e. The number of hydroxylamine groups is 2. The molecule has 18 heavy (non-hydrogen) atoms. The molecule has 2 rings (SSSR count). The van der Waals surface area contributed by atoms with Crippen LogP contribution in [-0.2, 0) is 9.47 Å². The molecule has 6 heteroatoms. The highest BCUT2D eigenvalue weighted by Crippen LogP contribution is 2.24.